The van der Waals surface area contributed by atoms with Gasteiger partial charge in [-0.2, -0.15) is 0 Å². The van der Waals surface area contributed by atoms with Crippen molar-refractivity contribution in [2.75, 3.05) is 68.5 Å². The van der Waals surface area contributed by atoms with E-state index in [0.29, 0.717) is 50.8 Å². The van der Waals surface area contributed by atoms with Gasteiger partial charge in [-0.1, -0.05) is 6.07 Å². The molecule has 1 atom stereocenters. The molecule has 1 rings (SSSR count). The van der Waals surface area contributed by atoms with Gasteiger partial charge in [-0.3, -0.25) is 4.90 Å². The summed E-state index contributed by atoms with van der Waals surface area (Å²) in [7, 11) is 7.86. The lowest BCUT2D eigenvalue weighted by molar-refractivity contribution is -0.142. The molecule has 0 aliphatic rings. The Morgan fingerprint density at radius 3 is 1.85 bits per heavy atom. The smallest absolute Gasteiger partial charge is 0.329 e. The van der Waals surface area contributed by atoms with Crippen LogP contribution in [0.1, 0.15) is 6.42 Å². The minimum Gasteiger partial charge on any atom is -0.493 e. The standard InChI is InChI=1S/C19H31NO7/c1-22-12-9-15(20(10-13-23-2)11-14-24-3)19(21)27-18-16(25-4)7-6-8-17(18)26-5/h6-8,15H,9-14H2,1-5H3. The van der Waals surface area contributed by atoms with Crippen molar-refractivity contribution in [3.63, 3.8) is 0 Å². The lowest BCUT2D eigenvalue weighted by atomic mass is 10.1. The van der Waals surface area contributed by atoms with Crippen LogP contribution in [0.3, 0.4) is 0 Å². The minimum atomic E-state index is -0.523. The number of ether oxygens (including phenoxy) is 6. The Kier molecular flexibility index (Phi) is 11.4. The van der Waals surface area contributed by atoms with E-state index in [1.807, 2.05) is 4.90 Å². The fourth-order valence-electron chi connectivity index (χ4n) is 2.61. The average Bonchev–Trinajstić information content (AvgIpc) is 2.69. The summed E-state index contributed by atoms with van der Waals surface area (Å²) in [5.41, 5.74) is 0. The van der Waals surface area contributed by atoms with Crippen LogP contribution < -0.4 is 14.2 Å². The van der Waals surface area contributed by atoms with E-state index < -0.39 is 12.0 Å². The van der Waals surface area contributed by atoms with Crippen LogP contribution >= 0.6 is 0 Å². The molecule has 8 nitrogen and oxygen atoms in total. The molecule has 0 amide bonds. The maximum atomic E-state index is 13.0. The fourth-order valence-corrected chi connectivity index (χ4v) is 2.61. The monoisotopic (exact) mass is 385 g/mol. The quantitative estimate of drug-likeness (QED) is 0.353. The molecule has 154 valence electrons. The number of hydrogen-bond donors (Lipinski definition) is 0. The van der Waals surface area contributed by atoms with E-state index in [9.17, 15) is 4.79 Å². The fraction of sp³-hybridized carbons (Fsp3) is 0.632. The van der Waals surface area contributed by atoms with Gasteiger partial charge in [0.15, 0.2) is 11.5 Å². The third-order valence-corrected chi connectivity index (χ3v) is 4.06. The van der Waals surface area contributed by atoms with Gasteiger partial charge in [0.1, 0.15) is 6.04 Å². The largest absolute Gasteiger partial charge is 0.493 e. The topological polar surface area (TPSA) is 75.7 Å². The highest BCUT2D eigenvalue weighted by Gasteiger charge is 2.29. The van der Waals surface area contributed by atoms with E-state index >= 15 is 0 Å². The number of hydrogen-bond acceptors (Lipinski definition) is 8. The molecular formula is C19H31NO7. The summed E-state index contributed by atoms with van der Waals surface area (Å²) in [5.74, 6) is 0.692. The van der Waals surface area contributed by atoms with Gasteiger partial charge < -0.3 is 28.4 Å². The Morgan fingerprint density at radius 1 is 0.889 bits per heavy atom. The molecule has 0 fully saturated rings. The van der Waals surface area contributed by atoms with Crippen molar-refractivity contribution in [1.29, 1.82) is 0 Å². The zero-order valence-corrected chi connectivity index (χ0v) is 16.9. The van der Waals surface area contributed by atoms with Crippen molar-refractivity contribution in [1.82, 2.24) is 4.90 Å². The third kappa shape index (κ3) is 7.34. The van der Waals surface area contributed by atoms with Gasteiger partial charge in [-0.05, 0) is 18.6 Å². The van der Waals surface area contributed by atoms with E-state index in [2.05, 4.69) is 0 Å². The summed E-state index contributed by atoms with van der Waals surface area (Å²) < 4.78 is 31.8. The Balaban J connectivity index is 3.05. The highest BCUT2D eigenvalue weighted by Crippen LogP contribution is 2.37. The molecule has 0 saturated heterocycles. The molecule has 0 bridgehead atoms. The lowest BCUT2D eigenvalue weighted by Crippen LogP contribution is -2.47. The molecule has 0 saturated carbocycles. The van der Waals surface area contributed by atoms with Crippen molar-refractivity contribution in [2.24, 2.45) is 0 Å². The van der Waals surface area contributed by atoms with E-state index in [0.717, 1.165) is 0 Å². The minimum absolute atomic E-state index is 0.258. The lowest BCUT2D eigenvalue weighted by Gasteiger charge is -2.29. The SMILES string of the molecule is COCCC(C(=O)Oc1c(OC)cccc1OC)N(CCOC)CCOC. The van der Waals surface area contributed by atoms with Crippen LogP contribution in [0.2, 0.25) is 0 Å². The molecule has 27 heavy (non-hydrogen) atoms. The van der Waals surface area contributed by atoms with Crippen molar-refractivity contribution in [3.05, 3.63) is 18.2 Å². The third-order valence-electron chi connectivity index (χ3n) is 4.06. The second-order valence-electron chi connectivity index (χ2n) is 5.73. The number of para-hydroxylation sites is 1. The van der Waals surface area contributed by atoms with E-state index in [4.69, 9.17) is 28.4 Å². The number of esters is 1. The van der Waals surface area contributed by atoms with E-state index in [1.165, 1.54) is 14.2 Å². The van der Waals surface area contributed by atoms with Crippen molar-refractivity contribution in [2.45, 2.75) is 12.5 Å². The summed E-state index contributed by atoms with van der Waals surface area (Å²) in [4.78, 5) is 15.0. The van der Waals surface area contributed by atoms with Gasteiger partial charge in [0.25, 0.3) is 0 Å². The molecule has 0 N–H and O–H groups in total. The highest BCUT2D eigenvalue weighted by molar-refractivity contribution is 5.79. The molecule has 0 heterocycles. The molecule has 0 aliphatic carbocycles. The van der Waals surface area contributed by atoms with Crippen molar-refractivity contribution < 1.29 is 33.2 Å². The molecular weight excluding hydrogens is 354 g/mol. The molecule has 1 unspecified atom stereocenters. The molecule has 0 aromatic heterocycles. The van der Waals surface area contributed by atoms with Gasteiger partial charge in [-0.25, -0.2) is 4.79 Å². The molecule has 0 spiro atoms. The number of carbonyl (C=O) groups excluding carboxylic acids is 1. The van der Waals surface area contributed by atoms with Crippen LogP contribution in [0, 0.1) is 0 Å². The van der Waals surface area contributed by atoms with E-state index in [-0.39, 0.29) is 5.75 Å². The van der Waals surface area contributed by atoms with Crippen LogP contribution in [-0.4, -0.2) is 85.4 Å². The van der Waals surface area contributed by atoms with Gasteiger partial charge >= 0.3 is 5.97 Å². The van der Waals surface area contributed by atoms with Crippen LogP contribution in [0.25, 0.3) is 0 Å². The number of rotatable bonds is 14. The van der Waals surface area contributed by atoms with E-state index in [1.54, 1.807) is 39.5 Å². The van der Waals surface area contributed by atoms with Crippen LogP contribution in [0.4, 0.5) is 0 Å². The first-order valence-electron chi connectivity index (χ1n) is 8.76. The van der Waals surface area contributed by atoms with Crippen molar-refractivity contribution >= 4 is 5.97 Å². The summed E-state index contributed by atoms with van der Waals surface area (Å²) in [6, 6.07) is 4.66. The van der Waals surface area contributed by atoms with Gasteiger partial charge in [0.2, 0.25) is 5.75 Å². The molecule has 8 heteroatoms. The zero-order valence-electron chi connectivity index (χ0n) is 16.9. The predicted molar refractivity (Wildman–Crippen MR) is 101 cm³/mol. The number of carbonyl (C=O) groups is 1. The number of nitrogens with zero attached hydrogens (tertiary/aromatic N) is 1. The van der Waals surface area contributed by atoms with Gasteiger partial charge in [0, 0.05) is 41.0 Å². The molecule has 1 aromatic carbocycles. The van der Waals surface area contributed by atoms with Crippen LogP contribution in [0.5, 0.6) is 17.2 Å². The molecule has 1 aromatic rings. The number of methoxy groups -OCH3 is 5. The van der Waals surface area contributed by atoms with Crippen LogP contribution in [-0.2, 0) is 19.0 Å². The Bertz CT molecular complexity index is 523. The average molecular weight is 385 g/mol. The van der Waals surface area contributed by atoms with Crippen LogP contribution in [0.15, 0.2) is 18.2 Å². The van der Waals surface area contributed by atoms with Gasteiger partial charge in [-0.15, -0.1) is 0 Å². The Hall–Kier alpha value is -1.87. The first-order valence-corrected chi connectivity index (χ1v) is 8.76. The van der Waals surface area contributed by atoms with Crippen molar-refractivity contribution in [3.8, 4) is 17.2 Å². The Morgan fingerprint density at radius 2 is 1.41 bits per heavy atom. The zero-order chi connectivity index (χ0) is 20.1. The predicted octanol–water partition coefficient (Wildman–Crippen LogP) is 1.61. The number of benzene rings is 1. The summed E-state index contributed by atoms with van der Waals surface area (Å²) in [6.45, 7) is 2.51. The van der Waals surface area contributed by atoms with Gasteiger partial charge in [0.05, 0.1) is 27.4 Å². The maximum Gasteiger partial charge on any atom is 0.329 e. The molecule has 0 aliphatic heterocycles. The molecule has 0 radical (unpaired) electrons. The summed E-state index contributed by atoms with van der Waals surface area (Å²) in [6.07, 6.45) is 0.472. The first-order chi connectivity index (χ1) is 13.1. The first kappa shape index (κ1) is 23.2. The second kappa shape index (κ2) is 13.3. The summed E-state index contributed by atoms with van der Waals surface area (Å²) >= 11 is 0. The Labute approximate surface area is 161 Å². The maximum absolute atomic E-state index is 13.0. The normalized spacial score (nSPS) is 12.1. The second-order valence-corrected chi connectivity index (χ2v) is 5.73. The highest BCUT2D eigenvalue weighted by atomic mass is 16.6. The summed E-state index contributed by atoms with van der Waals surface area (Å²) in [5, 5.41) is 0.